The SMILES string of the molecule is COc1ccc(-n2c(-c3ccc(Br)c(F)c3)nc(C(=O)N3CCC[C@@H](C)C3)c2C)cc1. The van der Waals surface area contributed by atoms with Gasteiger partial charge in [0, 0.05) is 24.3 Å². The number of imidazole rings is 1. The number of piperidine rings is 1. The first-order chi connectivity index (χ1) is 14.9. The van der Waals surface area contributed by atoms with E-state index in [1.165, 1.54) is 6.07 Å². The van der Waals surface area contributed by atoms with E-state index in [1.807, 2.05) is 40.7 Å². The summed E-state index contributed by atoms with van der Waals surface area (Å²) >= 11 is 3.20. The topological polar surface area (TPSA) is 47.4 Å². The maximum Gasteiger partial charge on any atom is 0.274 e. The maximum atomic E-state index is 14.3. The quantitative estimate of drug-likeness (QED) is 0.480. The summed E-state index contributed by atoms with van der Waals surface area (Å²) in [6.45, 7) is 5.52. The van der Waals surface area contributed by atoms with Crippen LogP contribution in [0.3, 0.4) is 0 Å². The van der Waals surface area contributed by atoms with Gasteiger partial charge < -0.3 is 9.64 Å². The van der Waals surface area contributed by atoms with Crippen molar-refractivity contribution in [3.8, 4) is 22.8 Å². The van der Waals surface area contributed by atoms with E-state index < -0.39 is 0 Å². The van der Waals surface area contributed by atoms with Crippen LogP contribution in [-0.4, -0.2) is 40.6 Å². The lowest BCUT2D eigenvalue weighted by Crippen LogP contribution is -2.39. The molecule has 5 nitrogen and oxygen atoms in total. The Kier molecular flexibility index (Phi) is 6.14. The van der Waals surface area contributed by atoms with E-state index in [4.69, 9.17) is 9.72 Å². The van der Waals surface area contributed by atoms with Crippen molar-refractivity contribution in [2.45, 2.75) is 26.7 Å². The van der Waals surface area contributed by atoms with Crippen LogP contribution in [0.4, 0.5) is 4.39 Å². The number of hydrogen-bond acceptors (Lipinski definition) is 3. The summed E-state index contributed by atoms with van der Waals surface area (Å²) in [7, 11) is 1.61. The molecule has 1 saturated heterocycles. The molecule has 4 rings (SSSR count). The smallest absolute Gasteiger partial charge is 0.274 e. The van der Waals surface area contributed by atoms with Gasteiger partial charge in [-0.3, -0.25) is 9.36 Å². The van der Waals surface area contributed by atoms with Crippen molar-refractivity contribution in [3.63, 3.8) is 0 Å². The first kappa shape index (κ1) is 21.6. The van der Waals surface area contributed by atoms with E-state index in [9.17, 15) is 9.18 Å². The van der Waals surface area contributed by atoms with E-state index in [2.05, 4.69) is 22.9 Å². The highest BCUT2D eigenvalue weighted by atomic mass is 79.9. The van der Waals surface area contributed by atoms with Crippen LogP contribution in [0, 0.1) is 18.7 Å². The average Bonchev–Trinajstić information content (AvgIpc) is 3.12. The van der Waals surface area contributed by atoms with Gasteiger partial charge in [-0.05, 0) is 84.1 Å². The second-order valence-electron chi connectivity index (χ2n) is 8.03. The van der Waals surface area contributed by atoms with E-state index >= 15 is 0 Å². The van der Waals surface area contributed by atoms with E-state index in [0.29, 0.717) is 27.5 Å². The molecule has 31 heavy (non-hydrogen) atoms. The Hall–Kier alpha value is -2.67. The third-order valence-electron chi connectivity index (χ3n) is 5.76. The second kappa shape index (κ2) is 8.83. The van der Waals surface area contributed by atoms with Crippen LogP contribution in [0.15, 0.2) is 46.9 Å². The number of carbonyl (C=O) groups excluding carboxylic acids is 1. The number of nitrogens with zero attached hydrogens (tertiary/aromatic N) is 3. The van der Waals surface area contributed by atoms with Gasteiger partial charge in [0.25, 0.3) is 5.91 Å². The monoisotopic (exact) mass is 485 g/mol. The molecule has 2 heterocycles. The number of rotatable bonds is 4. The van der Waals surface area contributed by atoms with Crippen molar-refractivity contribution in [2.75, 3.05) is 20.2 Å². The molecule has 0 saturated carbocycles. The summed E-state index contributed by atoms with van der Waals surface area (Å²) in [6, 6.07) is 12.4. The number of aromatic nitrogens is 2. The third-order valence-corrected chi connectivity index (χ3v) is 6.41. The van der Waals surface area contributed by atoms with Gasteiger partial charge in [0.05, 0.1) is 17.3 Å². The van der Waals surface area contributed by atoms with Crippen LogP contribution in [0.2, 0.25) is 0 Å². The molecule has 1 amide bonds. The predicted octanol–water partition coefficient (Wildman–Crippen LogP) is 5.63. The molecule has 0 unspecified atom stereocenters. The Morgan fingerprint density at radius 3 is 2.61 bits per heavy atom. The molecular formula is C24H25BrFN3O2. The fourth-order valence-electron chi connectivity index (χ4n) is 4.10. The van der Waals surface area contributed by atoms with Crippen LogP contribution >= 0.6 is 15.9 Å². The van der Waals surface area contributed by atoms with Crippen LogP contribution in [0.5, 0.6) is 5.75 Å². The average molecular weight is 486 g/mol. The fourth-order valence-corrected chi connectivity index (χ4v) is 4.35. The number of hydrogen-bond donors (Lipinski definition) is 0. The summed E-state index contributed by atoms with van der Waals surface area (Å²) in [5.74, 6) is 1.29. The standard InChI is InChI=1S/C24H25BrFN3O2/c1-15-5-4-12-28(14-15)24(30)22-16(2)29(18-7-9-19(31-3)10-8-18)23(27-22)17-6-11-20(25)21(26)13-17/h6-11,13,15H,4-5,12,14H2,1-3H3/t15-/m1/s1. The molecule has 1 aliphatic heterocycles. The van der Waals surface area contributed by atoms with Gasteiger partial charge in [-0.2, -0.15) is 0 Å². The molecule has 0 spiro atoms. The summed E-state index contributed by atoms with van der Waals surface area (Å²) < 4.78 is 21.9. The van der Waals surface area contributed by atoms with Crippen LogP contribution in [0.25, 0.3) is 17.1 Å². The molecule has 1 aliphatic rings. The third kappa shape index (κ3) is 4.24. The molecule has 7 heteroatoms. The van der Waals surface area contributed by atoms with E-state index in [-0.39, 0.29) is 11.7 Å². The number of amides is 1. The zero-order valence-corrected chi connectivity index (χ0v) is 19.4. The normalized spacial score (nSPS) is 16.4. The van der Waals surface area contributed by atoms with Gasteiger partial charge in [-0.1, -0.05) is 6.92 Å². The number of likely N-dealkylation sites (tertiary alicyclic amines) is 1. The lowest BCUT2D eigenvalue weighted by molar-refractivity contribution is 0.0677. The van der Waals surface area contributed by atoms with Crippen molar-refractivity contribution in [1.82, 2.24) is 14.5 Å². The molecule has 0 bridgehead atoms. The molecule has 0 N–H and O–H groups in total. The molecular weight excluding hydrogens is 461 g/mol. The minimum absolute atomic E-state index is 0.0739. The molecule has 0 aliphatic carbocycles. The molecule has 2 aromatic carbocycles. The zero-order valence-electron chi connectivity index (χ0n) is 17.9. The van der Waals surface area contributed by atoms with E-state index in [1.54, 1.807) is 19.2 Å². The van der Waals surface area contributed by atoms with Gasteiger partial charge in [-0.15, -0.1) is 0 Å². The first-order valence-electron chi connectivity index (χ1n) is 10.4. The summed E-state index contributed by atoms with van der Waals surface area (Å²) in [6.07, 6.45) is 2.13. The van der Waals surface area contributed by atoms with Crippen LogP contribution in [-0.2, 0) is 0 Å². The van der Waals surface area contributed by atoms with Crippen molar-refractivity contribution in [1.29, 1.82) is 0 Å². The highest BCUT2D eigenvalue weighted by Crippen LogP contribution is 2.30. The summed E-state index contributed by atoms with van der Waals surface area (Å²) in [4.78, 5) is 20.0. The van der Waals surface area contributed by atoms with Crippen molar-refractivity contribution in [3.05, 3.63) is 64.1 Å². The predicted molar refractivity (Wildman–Crippen MR) is 122 cm³/mol. The Labute approximate surface area is 190 Å². The Bertz CT molecular complexity index is 1110. The first-order valence-corrected chi connectivity index (χ1v) is 11.2. The molecule has 3 aromatic rings. The fraction of sp³-hybridized carbons (Fsp3) is 0.333. The van der Waals surface area contributed by atoms with Gasteiger partial charge >= 0.3 is 0 Å². The minimum atomic E-state index is -0.378. The van der Waals surface area contributed by atoms with Gasteiger partial charge in [-0.25, -0.2) is 9.37 Å². The maximum absolute atomic E-state index is 14.3. The minimum Gasteiger partial charge on any atom is -0.497 e. The molecule has 162 valence electrons. The molecule has 1 atom stereocenters. The molecule has 0 radical (unpaired) electrons. The number of halogens is 2. The lowest BCUT2D eigenvalue weighted by atomic mass is 10.00. The summed E-state index contributed by atoms with van der Waals surface area (Å²) in [5.41, 5.74) is 2.57. The van der Waals surface area contributed by atoms with Gasteiger partial charge in [0.15, 0.2) is 0 Å². The van der Waals surface area contributed by atoms with E-state index in [0.717, 1.165) is 43.1 Å². The zero-order chi connectivity index (χ0) is 22.1. The number of ether oxygens (including phenoxy) is 1. The lowest BCUT2D eigenvalue weighted by Gasteiger charge is -2.30. The number of benzene rings is 2. The summed E-state index contributed by atoms with van der Waals surface area (Å²) in [5, 5.41) is 0. The van der Waals surface area contributed by atoms with Crippen molar-refractivity contribution in [2.24, 2.45) is 5.92 Å². The number of methoxy groups -OCH3 is 1. The number of carbonyl (C=O) groups is 1. The van der Waals surface area contributed by atoms with Crippen molar-refractivity contribution < 1.29 is 13.9 Å². The molecule has 1 aromatic heterocycles. The highest BCUT2D eigenvalue weighted by molar-refractivity contribution is 9.10. The Balaban J connectivity index is 1.84. The second-order valence-corrected chi connectivity index (χ2v) is 8.88. The van der Waals surface area contributed by atoms with Crippen LogP contribution in [0.1, 0.15) is 35.9 Å². The van der Waals surface area contributed by atoms with Crippen LogP contribution < -0.4 is 4.74 Å². The van der Waals surface area contributed by atoms with Crippen molar-refractivity contribution >= 4 is 21.8 Å². The molecule has 1 fully saturated rings. The Morgan fingerprint density at radius 1 is 1.23 bits per heavy atom. The van der Waals surface area contributed by atoms with Gasteiger partial charge in [0.1, 0.15) is 23.1 Å². The Morgan fingerprint density at radius 2 is 1.97 bits per heavy atom. The largest absolute Gasteiger partial charge is 0.497 e. The highest BCUT2D eigenvalue weighted by Gasteiger charge is 2.28. The van der Waals surface area contributed by atoms with Gasteiger partial charge in [0.2, 0.25) is 0 Å².